The molecule has 0 spiro atoms. The van der Waals surface area contributed by atoms with Crippen molar-refractivity contribution in [3.8, 4) is 0 Å². The summed E-state index contributed by atoms with van der Waals surface area (Å²) in [7, 11) is 0. The third-order valence-corrected chi connectivity index (χ3v) is 5.13. The van der Waals surface area contributed by atoms with E-state index in [1.54, 1.807) is 16.7 Å². The molecule has 1 aromatic rings. The minimum absolute atomic E-state index is 0.0294. The van der Waals surface area contributed by atoms with Crippen molar-refractivity contribution in [2.24, 2.45) is 5.92 Å². The van der Waals surface area contributed by atoms with E-state index in [4.69, 9.17) is 10.8 Å². The van der Waals surface area contributed by atoms with Crippen LogP contribution in [-0.4, -0.2) is 29.0 Å². The number of carbonyl (C=O) groups excluding carboxylic acids is 1. The summed E-state index contributed by atoms with van der Waals surface area (Å²) in [6.45, 7) is 4.34. The Balaban J connectivity index is 2.00. The highest BCUT2D eigenvalue weighted by molar-refractivity contribution is 6.19. The molecule has 1 aliphatic carbocycles. The number of rotatable bonds is 1. The molecule has 0 aromatic heterocycles. The second-order valence-electron chi connectivity index (χ2n) is 7.01. The van der Waals surface area contributed by atoms with Crippen molar-refractivity contribution in [2.75, 3.05) is 11.4 Å². The zero-order valence-electron chi connectivity index (χ0n) is 14.6. The van der Waals surface area contributed by atoms with Gasteiger partial charge in [0.15, 0.2) is 0 Å². The fourth-order valence-corrected chi connectivity index (χ4v) is 3.77. The highest BCUT2D eigenvalue weighted by Crippen LogP contribution is 2.32. The van der Waals surface area contributed by atoms with Crippen LogP contribution in [0.5, 0.6) is 0 Å². The van der Waals surface area contributed by atoms with Gasteiger partial charge in [0.25, 0.3) is 0 Å². The van der Waals surface area contributed by atoms with Gasteiger partial charge in [-0.05, 0) is 31.4 Å². The average molecular weight is 326 g/mol. The molecule has 3 rings (SSSR count). The molecule has 2 aliphatic rings. The number of nitrogens with zero attached hydrogens (tertiary/aromatic N) is 2. The molecule has 0 bridgehead atoms. The lowest BCUT2D eigenvalue weighted by atomic mass is 9.87. The van der Waals surface area contributed by atoms with Crippen molar-refractivity contribution in [3.05, 3.63) is 29.3 Å². The van der Waals surface area contributed by atoms with Crippen molar-refractivity contribution in [3.63, 3.8) is 0 Å². The molecule has 24 heavy (non-hydrogen) atoms. The number of hydrogen-bond donors (Lipinski definition) is 2. The molecule has 0 saturated heterocycles. The number of amidine groups is 2. The van der Waals surface area contributed by atoms with Gasteiger partial charge < -0.3 is 4.90 Å². The lowest BCUT2D eigenvalue weighted by Crippen LogP contribution is -2.44. The zero-order chi connectivity index (χ0) is 17.3. The fraction of sp³-hybridized carbons (Fsp3) is 0.526. The third-order valence-electron chi connectivity index (χ3n) is 5.13. The van der Waals surface area contributed by atoms with E-state index in [9.17, 15) is 4.79 Å². The first-order valence-corrected chi connectivity index (χ1v) is 8.78. The number of hydrogen-bond acceptors (Lipinski definition) is 3. The average Bonchev–Trinajstić information content (AvgIpc) is 2.70. The predicted octanol–water partition coefficient (Wildman–Crippen LogP) is 3.70. The smallest absolute Gasteiger partial charge is 0.220 e. The standard InChI is InChI=1S/C19H26N4O/c1-13-8-9-17-16(10-13)11-22(14(2)24)12-18(20)23(17)19(21)15-6-4-3-5-7-15/h8-10,15,20-21H,3-7,11-12H2,1-2H3. The van der Waals surface area contributed by atoms with Crippen LogP contribution in [0.2, 0.25) is 0 Å². The van der Waals surface area contributed by atoms with Crippen LogP contribution in [0.4, 0.5) is 5.69 Å². The SMILES string of the molecule is CC(=O)N1CC(=N)N(C(=N)C2CCCCC2)c2ccc(C)cc2C1. The summed E-state index contributed by atoms with van der Waals surface area (Å²) in [5.74, 6) is 1.04. The Morgan fingerprint density at radius 1 is 1.17 bits per heavy atom. The summed E-state index contributed by atoms with van der Waals surface area (Å²) in [6.07, 6.45) is 5.62. The van der Waals surface area contributed by atoms with Gasteiger partial charge in [-0.2, -0.15) is 0 Å². The van der Waals surface area contributed by atoms with Crippen molar-refractivity contribution in [1.29, 1.82) is 10.8 Å². The van der Waals surface area contributed by atoms with E-state index >= 15 is 0 Å². The highest BCUT2D eigenvalue weighted by atomic mass is 16.2. The van der Waals surface area contributed by atoms with Crippen LogP contribution >= 0.6 is 0 Å². The summed E-state index contributed by atoms with van der Waals surface area (Å²) in [4.78, 5) is 15.4. The highest BCUT2D eigenvalue weighted by Gasteiger charge is 2.31. The van der Waals surface area contributed by atoms with E-state index in [0.29, 0.717) is 18.2 Å². The van der Waals surface area contributed by atoms with Gasteiger partial charge in [-0.1, -0.05) is 37.0 Å². The van der Waals surface area contributed by atoms with Gasteiger partial charge in [0.05, 0.1) is 12.2 Å². The molecular formula is C19H26N4O. The van der Waals surface area contributed by atoms with Gasteiger partial charge in [-0.25, -0.2) is 0 Å². The first-order valence-electron chi connectivity index (χ1n) is 8.78. The second-order valence-corrected chi connectivity index (χ2v) is 7.01. The van der Waals surface area contributed by atoms with Crippen molar-refractivity contribution in [2.45, 2.75) is 52.5 Å². The normalized spacial score (nSPS) is 19.0. The number of nitrogens with one attached hydrogen (secondary N) is 2. The van der Waals surface area contributed by atoms with E-state index in [2.05, 4.69) is 6.07 Å². The van der Waals surface area contributed by atoms with Crippen LogP contribution in [0, 0.1) is 23.7 Å². The largest absolute Gasteiger partial charge is 0.331 e. The summed E-state index contributed by atoms with van der Waals surface area (Å²) in [5, 5.41) is 17.3. The number of amides is 1. The summed E-state index contributed by atoms with van der Waals surface area (Å²) < 4.78 is 0. The Labute approximate surface area is 143 Å². The molecule has 1 aliphatic heterocycles. The third kappa shape index (κ3) is 3.21. The van der Waals surface area contributed by atoms with Gasteiger partial charge in [-0.3, -0.25) is 20.5 Å². The minimum atomic E-state index is -0.0294. The summed E-state index contributed by atoms with van der Waals surface area (Å²) in [6, 6.07) is 6.10. The maximum Gasteiger partial charge on any atom is 0.220 e. The molecule has 5 heteroatoms. The molecule has 1 aromatic carbocycles. The Bertz CT molecular complexity index is 676. The summed E-state index contributed by atoms with van der Waals surface area (Å²) >= 11 is 0. The summed E-state index contributed by atoms with van der Waals surface area (Å²) in [5.41, 5.74) is 3.05. The van der Waals surface area contributed by atoms with Crippen molar-refractivity contribution >= 4 is 23.3 Å². The van der Waals surface area contributed by atoms with Crippen LogP contribution in [0.25, 0.3) is 0 Å². The van der Waals surface area contributed by atoms with Crippen LogP contribution in [0.15, 0.2) is 18.2 Å². The predicted molar refractivity (Wildman–Crippen MR) is 96.8 cm³/mol. The van der Waals surface area contributed by atoms with E-state index in [-0.39, 0.29) is 18.4 Å². The monoisotopic (exact) mass is 326 g/mol. The number of carbonyl (C=O) groups is 1. The zero-order valence-corrected chi connectivity index (χ0v) is 14.6. The van der Waals surface area contributed by atoms with E-state index in [1.807, 2.05) is 19.1 Å². The molecular weight excluding hydrogens is 300 g/mol. The lowest BCUT2D eigenvalue weighted by Gasteiger charge is -2.32. The number of anilines is 1. The van der Waals surface area contributed by atoms with Gasteiger partial charge in [0.2, 0.25) is 5.91 Å². The maximum absolute atomic E-state index is 11.9. The van der Waals surface area contributed by atoms with Gasteiger partial charge in [-0.15, -0.1) is 0 Å². The van der Waals surface area contributed by atoms with E-state index < -0.39 is 0 Å². The molecule has 5 nitrogen and oxygen atoms in total. The topological polar surface area (TPSA) is 71.2 Å². The Kier molecular flexibility index (Phi) is 4.69. The Hall–Kier alpha value is -2.17. The van der Waals surface area contributed by atoms with Crippen LogP contribution < -0.4 is 4.90 Å². The van der Waals surface area contributed by atoms with Gasteiger partial charge >= 0.3 is 0 Å². The first-order chi connectivity index (χ1) is 11.5. The molecule has 2 N–H and O–H groups in total. The Morgan fingerprint density at radius 2 is 1.88 bits per heavy atom. The van der Waals surface area contributed by atoms with Gasteiger partial charge in [0, 0.05) is 19.4 Å². The molecule has 128 valence electrons. The maximum atomic E-state index is 11.9. The van der Waals surface area contributed by atoms with Gasteiger partial charge in [0.1, 0.15) is 11.7 Å². The number of aryl methyl sites for hydroxylation is 1. The number of benzene rings is 1. The molecule has 1 amide bonds. The second kappa shape index (κ2) is 6.75. The first kappa shape index (κ1) is 16.7. The van der Waals surface area contributed by atoms with Crippen LogP contribution in [-0.2, 0) is 11.3 Å². The molecule has 0 unspecified atom stereocenters. The lowest BCUT2D eigenvalue weighted by molar-refractivity contribution is -0.128. The molecule has 0 atom stereocenters. The van der Waals surface area contributed by atoms with Crippen LogP contribution in [0.1, 0.15) is 50.2 Å². The molecule has 1 saturated carbocycles. The van der Waals surface area contributed by atoms with E-state index in [0.717, 1.165) is 42.5 Å². The van der Waals surface area contributed by atoms with Crippen molar-refractivity contribution in [1.82, 2.24) is 4.90 Å². The molecule has 1 heterocycles. The van der Waals surface area contributed by atoms with Crippen molar-refractivity contribution < 1.29 is 4.79 Å². The molecule has 0 radical (unpaired) electrons. The quantitative estimate of drug-likeness (QED) is 0.610. The van der Waals surface area contributed by atoms with Crippen LogP contribution in [0.3, 0.4) is 0 Å². The molecule has 1 fully saturated rings. The minimum Gasteiger partial charge on any atom is -0.331 e. The van der Waals surface area contributed by atoms with E-state index in [1.165, 1.54) is 6.42 Å². The fourth-order valence-electron chi connectivity index (χ4n) is 3.77. The Morgan fingerprint density at radius 3 is 2.54 bits per heavy atom. The number of fused-ring (bicyclic) bond motifs is 1.